The van der Waals surface area contributed by atoms with Gasteiger partial charge in [0.15, 0.2) is 0 Å². The molecule has 1 heterocycles. The van der Waals surface area contributed by atoms with Crippen molar-refractivity contribution in [3.63, 3.8) is 0 Å². The van der Waals surface area contributed by atoms with Gasteiger partial charge in [0.25, 0.3) is 5.91 Å². The van der Waals surface area contributed by atoms with Gasteiger partial charge in [-0.2, -0.15) is 0 Å². The van der Waals surface area contributed by atoms with Crippen molar-refractivity contribution < 1.29 is 18.7 Å². The average molecular weight is 269 g/mol. The number of carbonyl (C=O) groups is 1. The molecule has 0 spiro atoms. The van der Waals surface area contributed by atoms with Gasteiger partial charge in [0, 0.05) is 13.1 Å². The standard InChI is InChI=1S/C14H17F2NO2/c1-8-3-4-17(7-13(8)18)14(19)10-6-11(15)9(2)5-12(10)16/h5-6,8,13,18H,3-4,7H2,1-2H3. The molecular formula is C14H17F2NO2. The number of likely N-dealkylation sites (tertiary alicyclic amines) is 1. The zero-order valence-electron chi connectivity index (χ0n) is 11.0. The van der Waals surface area contributed by atoms with Gasteiger partial charge >= 0.3 is 0 Å². The molecule has 0 saturated carbocycles. The van der Waals surface area contributed by atoms with E-state index in [1.54, 1.807) is 0 Å². The summed E-state index contributed by atoms with van der Waals surface area (Å²) in [7, 11) is 0. The number of halogens is 2. The summed E-state index contributed by atoms with van der Waals surface area (Å²) >= 11 is 0. The number of hydrogen-bond donors (Lipinski definition) is 1. The SMILES string of the molecule is Cc1cc(F)c(C(=O)N2CCC(C)C(O)C2)cc1F. The van der Waals surface area contributed by atoms with Crippen LogP contribution in [-0.4, -0.2) is 35.1 Å². The molecule has 19 heavy (non-hydrogen) atoms. The third-order valence-electron chi connectivity index (χ3n) is 3.68. The van der Waals surface area contributed by atoms with Crippen molar-refractivity contribution in [3.8, 4) is 0 Å². The molecule has 1 aliphatic heterocycles. The lowest BCUT2D eigenvalue weighted by Crippen LogP contribution is -2.46. The van der Waals surface area contributed by atoms with Gasteiger partial charge < -0.3 is 10.0 Å². The normalized spacial score (nSPS) is 23.5. The number of β-amino-alcohol motifs (C(OH)–C–C–N with tert-alkyl or cyclic N) is 1. The number of hydrogen-bond acceptors (Lipinski definition) is 2. The van der Waals surface area contributed by atoms with Crippen LogP contribution in [0.15, 0.2) is 12.1 Å². The van der Waals surface area contributed by atoms with Gasteiger partial charge in [-0.25, -0.2) is 8.78 Å². The molecule has 1 amide bonds. The van der Waals surface area contributed by atoms with E-state index >= 15 is 0 Å². The summed E-state index contributed by atoms with van der Waals surface area (Å²) in [5.74, 6) is -1.78. The summed E-state index contributed by atoms with van der Waals surface area (Å²) < 4.78 is 27.2. The Morgan fingerprint density at radius 1 is 1.37 bits per heavy atom. The van der Waals surface area contributed by atoms with Crippen LogP contribution < -0.4 is 0 Å². The molecular weight excluding hydrogens is 252 g/mol. The van der Waals surface area contributed by atoms with E-state index in [0.717, 1.165) is 12.1 Å². The van der Waals surface area contributed by atoms with Crippen molar-refractivity contribution in [1.82, 2.24) is 4.90 Å². The maximum atomic E-state index is 13.7. The number of benzene rings is 1. The Balaban J connectivity index is 2.23. The minimum Gasteiger partial charge on any atom is -0.391 e. The Kier molecular flexibility index (Phi) is 3.85. The lowest BCUT2D eigenvalue weighted by molar-refractivity contribution is 0.0245. The van der Waals surface area contributed by atoms with Gasteiger partial charge in [0.05, 0.1) is 11.7 Å². The fourth-order valence-electron chi connectivity index (χ4n) is 2.21. The first-order valence-electron chi connectivity index (χ1n) is 6.33. The number of aryl methyl sites for hydroxylation is 1. The first kappa shape index (κ1) is 13.9. The molecule has 1 aliphatic rings. The van der Waals surface area contributed by atoms with E-state index in [2.05, 4.69) is 0 Å². The lowest BCUT2D eigenvalue weighted by atomic mass is 9.95. The Morgan fingerprint density at radius 2 is 2.05 bits per heavy atom. The molecule has 0 radical (unpaired) electrons. The molecule has 104 valence electrons. The first-order chi connectivity index (χ1) is 8.90. The summed E-state index contributed by atoms with van der Waals surface area (Å²) in [5, 5.41) is 9.75. The second kappa shape index (κ2) is 5.25. The van der Waals surface area contributed by atoms with Crippen LogP contribution in [0.3, 0.4) is 0 Å². The molecule has 1 saturated heterocycles. The van der Waals surface area contributed by atoms with Crippen molar-refractivity contribution in [2.75, 3.05) is 13.1 Å². The molecule has 3 nitrogen and oxygen atoms in total. The summed E-state index contributed by atoms with van der Waals surface area (Å²) in [6, 6.07) is 1.95. The summed E-state index contributed by atoms with van der Waals surface area (Å²) in [6.07, 6.45) is 0.0409. The zero-order valence-corrected chi connectivity index (χ0v) is 11.0. The van der Waals surface area contributed by atoms with Gasteiger partial charge in [-0.05, 0) is 37.0 Å². The van der Waals surface area contributed by atoms with Crippen LogP contribution >= 0.6 is 0 Å². The number of rotatable bonds is 1. The van der Waals surface area contributed by atoms with E-state index in [4.69, 9.17) is 0 Å². The smallest absolute Gasteiger partial charge is 0.257 e. The van der Waals surface area contributed by atoms with Crippen LogP contribution in [0.25, 0.3) is 0 Å². The van der Waals surface area contributed by atoms with Crippen LogP contribution in [0.2, 0.25) is 0 Å². The highest BCUT2D eigenvalue weighted by atomic mass is 19.1. The second-order valence-corrected chi connectivity index (χ2v) is 5.17. The molecule has 5 heteroatoms. The van der Waals surface area contributed by atoms with E-state index < -0.39 is 23.6 Å². The molecule has 0 aromatic heterocycles. The summed E-state index contributed by atoms with van der Waals surface area (Å²) in [6.45, 7) is 3.96. The first-order valence-corrected chi connectivity index (χ1v) is 6.33. The molecule has 2 atom stereocenters. The number of piperidine rings is 1. The Labute approximate surface area is 110 Å². The van der Waals surface area contributed by atoms with E-state index in [-0.39, 0.29) is 23.6 Å². The number of nitrogens with zero attached hydrogens (tertiary/aromatic N) is 1. The molecule has 0 bridgehead atoms. The predicted molar refractivity (Wildman–Crippen MR) is 66.8 cm³/mol. The number of aliphatic hydroxyl groups excluding tert-OH is 1. The highest BCUT2D eigenvalue weighted by Gasteiger charge is 2.29. The number of carbonyl (C=O) groups excluding carboxylic acids is 1. The highest BCUT2D eigenvalue weighted by molar-refractivity contribution is 5.94. The van der Waals surface area contributed by atoms with Crippen molar-refractivity contribution in [2.45, 2.75) is 26.4 Å². The van der Waals surface area contributed by atoms with E-state index in [9.17, 15) is 18.7 Å². The molecule has 1 N–H and O–H groups in total. The third kappa shape index (κ3) is 2.76. The zero-order chi connectivity index (χ0) is 14.2. The molecule has 0 aliphatic carbocycles. The third-order valence-corrected chi connectivity index (χ3v) is 3.68. The van der Waals surface area contributed by atoms with Crippen LogP contribution in [0.1, 0.15) is 29.3 Å². The van der Waals surface area contributed by atoms with Crippen LogP contribution in [-0.2, 0) is 0 Å². The Bertz CT molecular complexity index is 504. The molecule has 2 rings (SSSR count). The van der Waals surface area contributed by atoms with Crippen LogP contribution in [0, 0.1) is 24.5 Å². The summed E-state index contributed by atoms with van der Waals surface area (Å²) in [5.41, 5.74) is -0.105. The Hall–Kier alpha value is -1.49. The van der Waals surface area contributed by atoms with Gasteiger partial charge in [-0.1, -0.05) is 6.92 Å². The maximum absolute atomic E-state index is 13.7. The quantitative estimate of drug-likeness (QED) is 0.848. The van der Waals surface area contributed by atoms with Crippen molar-refractivity contribution in [3.05, 3.63) is 34.9 Å². The second-order valence-electron chi connectivity index (χ2n) is 5.17. The van der Waals surface area contributed by atoms with E-state index in [1.807, 2.05) is 6.92 Å². The van der Waals surface area contributed by atoms with Crippen molar-refractivity contribution >= 4 is 5.91 Å². The van der Waals surface area contributed by atoms with Gasteiger partial charge in [0.2, 0.25) is 0 Å². The minimum absolute atomic E-state index is 0.114. The number of amides is 1. The highest BCUT2D eigenvalue weighted by Crippen LogP contribution is 2.21. The van der Waals surface area contributed by atoms with Crippen LogP contribution in [0.5, 0.6) is 0 Å². The van der Waals surface area contributed by atoms with Crippen molar-refractivity contribution in [1.29, 1.82) is 0 Å². The lowest BCUT2D eigenvalue weighted by Gasteiger charge is -2.34. The average Bonchev–Trinajstić information content (AvgIpc) is 2.36. The molecule has 1 aromatic rings. The van der Waals surface area contributed by atoms with E-state index in [1.165, 1.54) is 11.8 Å². The molecule has 2 unspecified atom stereocenters. The van der Waals surface area contributed by atoms with Gasteiger partial charge in [-0.15, -0.1) is 0 Å². The van der Waals surface area contributed by atoms with Gasteiger partial charge in [0.1, 0.15) is 11.6 Å². The fourth-order valence-corrected chi connectivity index (χ4v) is 2.21. The number of aliphatic hydroxyl groups is 1. The largest absolute Gasteiger partial charge is 0.391 e. The van der Waals surface area contributed by atoms with Gasteiger partial charge in [-0.3, -0.25) is 4.79 Å². The van der Waals surface area contributed by atoms with Crippen molar-refractivity contribution in [2.24, 2.45) is 5.92 Å². The maximum Gasteiger partial charge on any atom is 0.257 e. The Morgan fingerprint density at radius 3 is 2.68 bits per heavy atom. The van der Waals surface area contributed by atoms with E-state index in [0.29, 0.717) is 13.0 Å². The molecule has 1 aromatic carbocycles. The minimum atomic E-state index is -0.725. The molecule has 1 fully saturated rings. The summed E-state index contributed by atoms with van der Waals surface area (Å²) in [4.78, 5) is 13.5. The monoisotopic (exact) mass is 269 g/mol. The topological polar surface area (TPSA) is 40.5 Å². The van der Waals surface area contributed by atoms with Crippen LogP contribution in [0.4, 0.5) is 8.78 Å². The predicted octanol–water partition coefficient (Wildman–Crippen LogP) is 2.12. The fraction of sp³-hybridized carbons (Fsp3) is 0.500.